The summed E-state index contributed by atoms with van der Waals surface area (Å²) < 4.78 is 5.98. The molecule has 0 saturated carbocycles. The van der Waals surface area contributed by atoms with Gasteiger partial charge in [0.25, 0.3) is 5.91 Å². The highest BCUT2D eigenvalue weighted by molar-refractivity contribution is 7.13. The van der Waals surface area contributed by atoms with Crippen LogP contribution in [0.1, 0.15) is 29.4 Å². The predicted octanol–water partition coefficient (Wildman–Crippen LogP) is 2.70. The first-order chi connectivity index (χ1) is 14.6. The van der Waals surface area contributed by atoms with Crippen molar-refractivity contribution in [2.45, 2.75) is 19.8 Å². The lowest BCUT2D eigenvalue weighted by atomic mass is 10.1. The van der Waals surface area contributed by atoms with E-state index in [1.54, 1.807) is 0 Å². The fourth-order valence-electron chi connectivity index (χ4n) is 2.78. The van der Waals surface area contributed by atoms with Crippen molar-refractivity contribution in [3.63, 3.8) is 0 Å². The minimum atomic E-state index is -0.487. The Hall–Kier alpha value is -3.86. The number of aryl methyl sites for hydroxylation is 1. The Labute approximate surface area is 175 Å². The smallest absolute Gasteiger partial charge is 0.294 e. The second kappa shape index (κ2) is 8.66. The number of rotatable bonds is 7. The molecule has 152 valence electrons. The number of amides is 1. The van der Waals surface area contributed by atoms with Crippen molar-refractivity contribution in [2.75, 3.05) is 5.73 Å². The van der Waals surface area contributed by atoms with Gasteiger partial charge in [-0.25, -0.2) is 10.1 Å². The van der Waals surface area contributed by atoms with Crippen LogP contribution in [0.25, 0.3) is 16.4 Å². The van der Waals surface area contributed by atoms with Gasteiger partial charge in [-0.3, -0.25) is 4.79 Å². The molecule has 3 N–H and O–H groups in total. The number of hydrogen-bond donors (Lipinski definition) is 2. The van der Waals surface area contributed by atoms with Crippen molar-refractivity contribution in [1.29, 1.82) is 0 Å². The molecule has 10 nitrogen and oxygen atoms in total. The zero-order valence-electron chi connectivity index (χ0n) is 16.0. The van der Waals surface area contributed by atoms with Crippen LogP contribution < -0.4 is 11.2 Å². The number of carbonyl (C=O) groups is 1. The van der Waals surface area contributed by atoms with Gasteiger partial charge >= 0.3 is 0 Å². The summed E-state index contributed by atoms with van der Waals surface area (Å²) in [4.78, 5) is 13.5. The van der Waals surface area contributed by atoms with Crippen LogP contribution in [0.4, 0.5) is 5.82 Å². The Bertz CT molecular complexity index is 1160. The summed E-state index contributed by atoms with van der Waals surface area (Å²) in [5, 5.41) is 21.4. The Balaban J connectivity index is 1.54. The first kappa shape index (κ1) is 19.5. The van der Waals surface area contributed by atoms with Crippen LogP contribution in [0.15, 0.2) is 57.6 Å². The third kappa shape index (κ3) is 4.10. The Morgan fingerprint density at radius 3 is 2.77 bits per heavy atom. The van der Waals surface area contributed by atoms with Crippen molar-refractivity contribution in [3.8, 4) is 16.4 Å². The summed E-state index contributed by atoms with van der Waals surface area (Å²) >= 11 is 1.42. The van der Waals surface area contributed by atoms with Crippen LogP contribution in [0.2, 0.25) is 0 Å². The number of nitrogens with zero attached hydrogens (tertiary/aromatic N) is 6. The second-order valence-electron chi connectivity index (χ2n) is 6.42. The summed E-state index contributed by atoms with van der Waals surface area (Å²) in [5.74, 6) is -0.286. The van der Waals surface area contributed by atoms with Crippen LogP contribution in [0.3, 0.4) is 0 Å². The quantitative estimate of drug-likeness (QED) is 0.345. The van der Waals surface area contributed by atoms with E-state index in [1.807, 2.05) is 42.6 Å². The lowest BCUT2D eigenvalue weighted by molar-refractivity contribution is 0.0950. The van der Waals surface area contributed by atoms with Gasteiger partial charge in [0.1, 0.15) is 5.69 Å². The number of benzene rings is 1. The number of aromatic nitrogens is 5. The van der Waals surface area contributed by atoms with E-state index in [0.717, 1.165) is 23.4 Å². The summed E-state index contributed by atoms with van der Waals surface area (Å²) in [7, 11) is 0. The fraction of sp³-hybridized carbons (Fsp3) is 0.158. The fourth-order valence-corrected chi connectivity index (χ4v) is 3.54. The molecule has 4 aromatic rings. The molecule has 0 unspecified atom stereocenters. The molecule has 0 bridgehead atoms. The van der Waals surface area contributed by atoms with Crippen LogP contribution in [0, 0.1) is 0 Å². The minimum absolute atomic E-state index is 0.0411. The molecule has 11 heteroatoms. The molecule has 0 aliphatic rings. The zero-order valence-corrected chi connectivity index (χ0v) is 16.8. The lowest BCUT2D eigenvalue weighted by Crippen LogP contribution is -2.20. The molecule has 1 amide bonds. The van der Waals surface area contributed by atoms with E-state index in [2.05, 4.69) is 47.9 Å². The van der Waals surface area contributed by atoms with Gasteiger partial charge in [0, 0.05) is 5.71 Å². The maximum absolute atomic E-state index is 12.8. The van der Waals surface area contributed by atoms with Crippen LogP contribution >= 0.6 is 11.3 Å². The molecule has 0 spiro atoms. The molecule has 0 aliphatic carbocycles. The number of nitrogens with two attached hydrogens (primary N) is 1. The van der Waals surface area contributed by atoms with E-state index in [-0.39, 0.29) is 17.3 Å². The van der Waals surface area contributed by atoms with Gasteiger partial charge in [-0.05, 0) is 47.1 Å². The largest absolute Gasteiger partial charge is 0.378 e. The van der Waals surface area contributed by atoms with E-state index in [4.69, 9.17) is 5.73 Å². The third-order valence-electron chi connectivity index (χ3n) is 4.30. The molecule has 30 heavy (non-hydrogen) atoms. The molecular formula is C19H18N8O2S. The van der Waals surface area contributed by atoms with E-state index < -0.39 is 5.91 Å². The van der Waals surface area contributed by atoms with Crippen LogP contribution in [-0.4, -0.2) is 36.9 Å². The van der Waals surface area contributed by atoms with Gasteiger partial charge in [0.2, 0.25) is 11.6 Å². The highest BCUT2D eigenvalue weighted by atomic mass is 32.1. The van der Waals surface area contributed by atoms with E-state index >= 15 is 0 Å². The van der Waals surface area contributed by atoms with Crippen molar-refractivity contribution >= 4 is 28.8 Å². The highest BCUT2D eigenvalue weighted by Crippen LogP contribution is 2.29. The normalized spacial score (nSPS) is 11.6. The van der Waals surface area contributed by atoms with Crippen molar-refractivity contribution < 1.29 is 9.42 Å². The monoisotopic (exact) mass is 422 g/mol. The number of nitrogens with one attached hydrogen (secondary N) is 1. The Morgan fingerprint density at radius 2 is 2.07 bits per heavy atom. The van der Waals surface area contributed by atoms with Gasteiger partial charge in [-0.2, -0.15) is 9.78 Å². The van der Waals surface area contributed by atoms with E-state index in [1.165, 1.54) is 21.6 Å². The standard InChI is InChI=1S/C19H18N8O2S/c1-12(9-10-13-6-3-2-4-7-13)21-23-19(28)15-16(14-8-5-11-30-14)27(26-22-15)18-17(20)24-29-25-18/h2-8,11H,9-10H2,1H3,(H2,20,24)(H,23,28). The maximum Gasteiger partial charge on any atom is 0.294 e. The topological polar surface area (TPSA) is 137 Å². The first-order valence-electron chi connectivity index (χ1n) is 9.09. The molecule has 1 aromatic carbocycles. The van der Waals surface area contributed by atoms with Gasteiger partial charge in [0.15, 0.2) is 5.69 Å². The molecule has 4 rings (SSSR count). The SMILES string of the molecule is CC(CCc1ccccc1)=NNC(=O)c1nnn(-c2nonc2N)c1-c1cccs1. The number of thiophene rings is 1. The third-order valence-corrected chi connectivity index (χ3v) is 5.18. The molecule has 3 heterocycles. The zero-order chi connectivity index (χ0) is 20.9. The number of carbonyl (C=O) groups excluding carboxylic acids is 1. The highest BCUT2D eigenvalue weighted by Gasteiger charge is 2.25. The molecule has 0 radical (unpaired) electrons. The van der Waals surface area contributed by atoms with Crippen molar-refractivity contribution in [1.82, 2.24) is 30.7 Å². The van der Waals surface area contributed by atoms with Crippen LogP contribution in [0.5, 0.6) is 0 Å². The summed E-state index contributed by atoms with van der Waals surface area (Å²) in [5.41, 5.74) is 10.9. The number of hydrogen-bond acceptors (Lipinski definition) is 9. The summed E-state index contributed by atoms with van der Waals surface area (Å²) in [6.07, 6.45) is 1.55. The number of anilines is 1. The number of hydrazone groups is 1. The van der Waals surface area contributed by atoms with Gasteiger partial charge in [0.05, 0.1) is 4.88 Å². The van der Waals surface area contributed by atoms with E-state index in [9.17, 15) is 4.79 Å². The Morgan fingerprint density at radius 1 is 1.23 bits per heavy atom. The van der Waals surface area contributed by atoms with Gasteiger partial charge < -0.3 is 5.73 Å². The second-order valence-corrected chi connectivity index (χ2v) is 7.37. The molecule has 3 aromatic heterocycles. The van der Waals surface area contributed by atoms with Crippen LogP contribution in [-0.2, 0) is 6.42 Å². The van der Waals surface area contributed by atoms with Crippen molar-refractivity contribution in [3.05, 3.63) is 59.1 Å². The predicted molar refractivity (Wildman–Crippen MR) is 112 cm³/mol. The van der Waals surface area contributed by atoms with Gasteiger partial charge in [-0.15, -0.1) is 16.4 Å². The molecule has 0 fully saturated rings. The van der Waals surface area contributed by atoms with Crippen molar-refractivity contribution in [2.24, 2.45) is 5.10 Å². The summed E-state index contributed by atoms with van der Waals surface area (Å²) in [6.45, 7) is 1.86. The average molecular weight is 422 g/mol. The molecule has 0 atom stereocenters. The summed E-state index contributed by atoms with van der Waals surface area (Å²) in [6, 6.07) is 13.8. The molecule has 0 aliphatic heterocycles. The lowest BCUT2D eigenvalue weighted by Gasteiger charge is -2.04. The van der Waals surface area contributed by atoms with E-state index in [0.29, 0.717) is 5.69 Å². The first-order valence-corrected chi connectivity index (χ1v) is 9.97. The maximum atomic E-state index is 12.8. The molecular weight excluding hydrogens is 404 g/mol. The average Bonchev–Trinajstić information content (AvgIpc) is 3.51. The van der Waals surface area contributed by atoms with Gasteiger partial charge in [-0.1, -0.05) is 41.6 Å². The number of nitrogen functional groups attached to an aromatic ring is 1. The minimum Gasteiger partial charge on any atom is -0.378 e. The Kier molecular flexibility index (Phi) is 5.61. The molecule has 0 saturated heterocycles.